The summed E-state index contributed by atoms with van der Waals surface area (Å²) in [5, 5.41) is 7.41. The summed E-state index contributed by atoms with van der Waals surface area (Å²) in [6.45, 7) is 6.54. The normalized spacial score (nSPS) is 13.0. The first-order valence-corrected chi connectivity index (χ1v) is 22.8. The van der Waals surface area contributed by atoms with Crippen LogP contribution in [0.3, 0.4) is 0 Å². The Bertz CT molecular complexity index is 3680. The Morgan fingerprint density at radius 1 is 0.485 bits per heavy atom. The van der Waals surface area contributed by atoms with E-state index in [9.17, 15) is 0 Å². The molecule has 2 nitrogen and oxygen atoms in total. The number of benzene rings is 10. The number of para-hydroxylation sites is 1. The van der Waals surface area contributed by atoms with E-state index < -0.39 is 5.41 Å². The van der Waals surface area contributed by atoms with Gasteiger partial charge in [-0.1, -0.05) is 207 Å². The van der Waals surface area contributed by atoms with Crippen LogP contribution in [0.1, 0.15) is 29.2 Å². The van der Waals surface area contributed by atoms with Crippen LogP contribution >= 0.6 is 0 Å². The van der Waals surface area contributed by atoms with Gasteiger partial charge >= 0.3 is 0 Å². The number of rotatable bonds is 9. The van der Waals surface area contributed by atoms with Gasteiger partial charge in [0.25, 0.3) is 0 Å². The van der Waals surface area contributed by atoms with Gasteiger partial charge in [-0.15, -0.1) is 0 Å². The van der Waals surface area contributed by atoms with Gasteiger partial charge in [0, 0.05) is 38.9 Å². The number of allylic oxidation sites excluding steroid dienone is 4. The van der Waals surface area contributed by atoms with Crippen molar-refractivity contribution in [3.05, 3.63) is 283 Å². The van der Waals surface area contributed by atoms with Gasteiger partial charge in [-0.25, -0.2) is 0 Å². The predicted octanol–water partition coefficient (Wildman–Crippen LogP) is 16.9. The molecule has 1 aromatic heterocycles. The molecular weight excluding hydrogens is 797 g/mol. The molecule has 0 fully saturated rings. The molecule has 10 aromatic carbocycles. The molecule has 0 saturated heterocycles. The third-order valence-electron chi connectivity index (χ3n) is 13.7. The highest BCUT2D eigenvalue weighted by molar-refractivity contribution is 6.19. The van der Waals surface area contributed by atoms with E-state index in [0.29, 0.717) is 0 Å². The largest absolute Gasteiger partial charge is 0.311 e. The molecule has 2 heteroatoms. The third kappa shape index (κ3) is 6.10. The molecule has 0 unspecified atom stereocenters. The topological polar surface area (TPSA) is 8.17 Å². The van der Waals surface area contributed by atoms with E-state index in [2.05, 4.69) is 247 Å². The van der Waals surface area contributed by atoms with Crippen molar-refractivity contribution in [2.24, 2.45) is 0 Å². The highest BCUT2D eigenvalue weighted by atomic mass is 15.1. The molecule has 0 N–H and O–H groups in total. The van der Waals surface area contributed by atoms with Crippen molar-refractivity contribution in [3.63, 3.8) is 0 Å². The molecule has 1 aliphatic rings. The highest BCUT2D eigenvalue weighted by Crippen LogP contribution is 2.58. The van der Waals surface area contributed by atoms with Crippen molar-refractivity contribution in [1.82, 2.24) is 4.57 Å². The molecule has 11 aromatic rings. The Morgan fingerprint density at radius 3 is 1.83 bits per heavy atom. The van der Waals surface area contributed by atoms with Crippen molar-refractivity contribution in [1.29, 1.82) is 0 Å². The van der Waals surface area contributed by atoms with E-state index in [0.717, 1.165) is 39.4 Å². The minimum atomic E-state index is -0.511. The highest BCUT2D eigenvalue weighted by Gasteiger charge is 2.46. The zero-order chi connectivity index (χ0) is 44.2. The van der Waals surface area contributed by atoms with Crippen molar-refractivity contribution >= 4 is 54.7 Å². The number of hydrogen-bond donors (Lipinski definition) is 0. The number of hydrogen-bond acceptors (Lipinski definition) is 1. The van der Waals surface area contributed by atoms with Gasteiger partial charge < -0.3 is 9.47 Å². The smallest absolute Gasteiger partial charge is 0.0713 e. The Morgan fingerprint density at radius 2 is 1.09 bits per heavy atom. The van der Waals surface area contributed by atoms with Crippen LogP contribution in [0.25, 0.3) is 71.3 Å². The van der Waals surface area contributed by atoms with Crippen LogP contribution in [-0.2, 0) is 5.41 Å². The fourth-order valence-electron chi connectivity index (χ4n) is 10.9. The SMILES string of the molecule is C=C(/C=C\C=C/C)N(c1ccccc1)c1cccc(-c2ccc3c4ccc5ccccc5c4n(-c4ccc5c(c4)-c4c(ccc6ccccc46)C5(c4ccccc4)c4ccccc4)c3c2)c1. The van der Waals surface area contributed by atoms with E-state index in [1.807, 2.05) is 25.2 Å². The van der Waals surface area contributed by atoms with Gasteiger partial charge in [0.2, 0.25) is 0 Å². The monoisotopic (exact) mass is 842 g/mol. The minimum Gasteiger partial charge on any atom is -0.311 e. The van der Waals surface area contributed by atoms with E-state index in [1.54, 1.807) is 0 Å². The molecule has 1 aliphatic carbocycles. The van der Waals surface area contributed by atoms with Gasteiger partial charge in [-0.2, -0.15) is 0 Å². The van der Waals surface area contributed by atoms with Crippen LogP contribution in [0.2, 0.25) is 0 Å². The van der Waals surface area contributed by atoms with Crippen LogP contribution in [0.5, 0.6) is 0 Å². The molecule has 0 aliphatic heterocycles. The molecule has 312 valence electrons. The molecular formula is C64H46N2. The van der Waals surface area contributed by atoms with Gasteiger partial charge in [-0.3, -0.25) is 0 Å². The Balaban J connectivity index is 1.11. The first-order valence-electron chi connectivity index (χ1n) is 22.8. The molecule has 0 amide bonds. The summed E-state index contributed by atoms with van der Waals surface area (Å²) >= 11 is 0. The minimum absolute atomic E-state index is 0.511. The summed E-state index contributed by atoms with van der Waals surface area (Å²) in [6, 6.07) is 82.8. The maximum atomic E-state index is 4.52. The fraction of sp³-hybridized carbons (Fsp3) is 0.0312. The molecule has 0 bridgehead atoms. The van der Waals surface area contributed by atoms with Crippen LogP contribution < -0.4 is 4.90 Å². The molecule has 0 saturated carbocycles. The molecule has 0 atom stereocenters. The first kappa shape index (κ1) is 39.2. The second kappa shape index (κ2) is 16.0. The Hall–Kier alpha value is -8.46. The van der Waals surface area contributed by atoms with E-state index >= 15 is 0 Å². The zero-order valence-electron chi connectivity index (χ0n) is 36.8. The molecule has 1 heterocycles. The number of anilines is 2. The van der Waals surface area contributed by atoms with Crippen molar-refractivity contribution in [2.45, 2.75) is 12.3 Å². The molecule has 66 heavy (non-hydrogen) atoms. The standard InChI is InChI=1S/C64H46N2/c1-3-4-8-20-44(2)65(51-28-13-7-14-29-51)52-30-19-23-47(41-52)48-34-37-56-57-38-33-46-22-16-18-32-55(46)63(57)66(61(56)42-48)53-36-40-59-58(43-53)62-54-31-17-15-21-45(54)35-39-60(62)64(59,49-24-9-5-10-25-49)50-26-11-6-12-27-50/h3-43H,2H2,1H3/b4-3-,20-8-. The lowest BCUT2D eigenvalue weighted by atomic mass is 9.67. The maximum absolute atomic E-state index is 4.52. The lowest BCUT2D eigenvalue weighted by molar-refractivity contribution is 0.769. The summed E-state index contributed by atoms with van der Waals surface area (Å²) < 4.78 is 2.53. The van der Waals surface area contributed by atoms with E-state index in [4.69, 9.17) is 0 Å². The van der Waals surface area contributed by atoms with Crippen LogP contribution in [0.4, 0.5) is 11.4 Å². The van der Waals surface area contributed by atoms with Crippen LogP contribution in [0, 0.1) is 0 Å². The average molecular weight is 843 g/mol. The number of fused-ring (bicyclic) bond motifs is 10. The van der Waals surface area contributed by atoms with Crippen LogP contribution in [0.15, 0.2) is 261 Å². The Labute approximate surface area is 386 Å². The lowest BCUT2D eigenvalue weighted by Crippen LogP contribution is -2.28. The zero-order valence-corrected chi connectivity index (χ0v) is 36.8. The molecule has 12 rings (SSSR count). The van der Waals surface area contributed by atoms with Crippen molar-refractivity contribution < 1.29 is 0 Å². The van der Waals surface area contributed by atoms with Crippen molar-refractivity contribution in [2.75, 3.05) is 4.90 Å². The second-order valence-corrected chi connectivity index (χ2v) is 17.3. The van der Waals surface area contributed by atoms with E-state index in [1.165, 1.54) is 71.2 Å². The maximum Gasteiger partial charge on any atom is 0.0713 e. The van der Waals surface area contributed by atoms with Gasteiger partial charge in [0.15, 0.2) is 0 Å². The van der Waals surface area contributed by atoms with Gasteiger partial charge in [0.05, 0.1) is 16.4 Å². The van der Waals surface area contributed by atoms with Crippen molar-refractivity contribution in [3.8, 4) is 27.9 Å². The fourth-order valence-corrected chi connectivity index (χ4v) is 10.9. The quantitative estimate of drug-likeness (QED) is 0.131. The summed E-state index contributed by atoms with van der Waals surface area (Å²) in [6.07, 6.45) is 8.17. The molecule has 0 spiro atoms. The number of aromatic nitrogens is 1. The summed E-state index contributed by atoms with van der Waals surface area (Å²) in [5.74, 6) is 0. The Kier molecular flexibility index (Phi) is 9.47. The summed E-state index contributed by atoms with van der Waals surface area (Å²) in [7, 11) is 0. The van der Waals surface area contributed by atoms with Gasteiger partial charge in [-0.05, 0) is 116 Å². The molecule has 0 radical (unpaired) electrons. The van der Waals surface area contributed by atoms with Crippen LogP contribution in [-0.4, -0.2) is 4.57 Å². The predicted molar refractivity (Wildman–Crippen MR) is 280 cm³/mol. The number of nitrogens with zero attached hydrogens (tertiary/aromatic N) is 2. The second-order valence-electron chi connectivity index (χ2n) is 17.3. The summed E-state index contributed by atoms with van der Waals surface area (Å²) in [4.78, 5) is 2.22. The average Bonchev–Trinajstić information content (AvgIpc) is 3.88. The first-order chi connectivity index (χ1) is 32.6. The third-order valence-corrected chi connectivity index (χ3v) is 13.7. The van der Waals surface area contributed by atoms with E-state index in [-0.39, 0.29) is 0 Å². The van der Waals surface area contributed by atoms with Gasteiger partial charge in [0.1, 0.15) is 0 Å². The lowest BCUT2D eigenvalue weighted by Gasteiger charge is -2.34. The summed E-state index contributed by atoms with van der Waals surface area (Å²) in [5.41, 5.74) is 15.9.